The summed E-state index contributed by atoms with van der Waals surface area (Å²) in [7, 11) is 0. The SMILES string of the molecule is C=CCCC(C)(C)Cc1c(-c2cccnc2C(C)CC)n(CC)c2ccc(/C(=C/C)N=C(C)CCCCCC(C)C=C)cc12. The fraction of sp³-hybridized carbons (Fsp3) is 0.512. The van der Waals surface area contributed by atoms with Crippen molar-refractivity contribution in [3.8, 4) is 11.3 Å². The normalized spacial score (nSPS) is 14.2. The zero-order valence-corrected chi connectivity index (χ0v) is 29.2. The maximum absolute atomic E-state index is 5.16. The van der Waals surface area contributed by atoms with E-state index < -0.39 is 0 Å². The van der Waals surface area contributed by atoms with Gasteiger partial charge in [-0.25, -0.2) is 0 Å². The summed E-state index contributed by atoms with van der Waals surface area (Å²) in [6, 6.07) is 11.4. The summed E-state index contributed by atoms with van der Waals surface area (Å²) in [5.74, 6) is 0.999. The Labute approximate surface area is 269 Å². The van der Waals surface area contributed by atoms with Crippen LogP contribution in [0.4, 0.5) is 0 Å². The summed E-state index contributed by atoms with van der Waals surface area (Å²) in [5.41, 5.74) is 10.1. The largest absolute Gasteiger partial charge is 0.340 e. The number of pyridine rings is 1. The van der Waals surface area contributed by atoms with Crippen LogP contribution in [0.3, 0.4) is 0 Å². The average Bonchev–Trinajstić information content (AvgIpc) is 3.33. The molecule has 2 atom stereocenters. The minimum absolute atomic E-state index is 0.131. The lowest BCUT2D eigenvalue weighted by Crippen LogP contribution is -2.16. The van der Waals surface area contributed by atoms with Gasteiger partial charge in [0.2, 0.25) is 0 Å². The van der Waals surface area contributed by atoms with E-state index in [0.29, 0.717) is 11.8 Å². The molecule has 0 aliphatic carbocycles. The molecule has 0 radical (unpaired) electrons. The van der Waals surface area contributed by atoms with Crippen molar-refractivity contribution in [1.29, 1.82) is 0 Å². The molecule has 0 bridgehead atoms. The minimum Gasteiger partial charge on any atom is -0.340 e. The molecule has 0 amide bonds. The molecule has 2 aromatic heterocycles. The highest BCUT2D eigenvalue weighted by molar-refractivity contribution is 5.95. The van der Waals surface area contributed by atoms with E-state index in [4.69, 9.17) is 9.98 Å². The van der Waals surface area contributed by atoms with Crippen LogP contribution in [0.15, 0.2) is 72.9 Å². The van der Waals surface area contributed by atoms with E-state index in [0.717, 1.165) is 44.3 Å². The molecule has 238 valence electrons. The zero-order valence-electron chi connectivity index (χ0n) is 29.2. The quantitative estimate of drug-likeness (QED) is 0.0819. The number of allylic oxidation sites excluding steroid dienone is 3. The third kappa shape index (κ3) is 8.93. The molecule has 0 aliphatic heterocycles. The Morgan fingerprint density at radius 1 is 1.09 bits per heavy atom. The van der Waals surface area contributed by atoms with Gasteiger partial charge in [-0.05, 0) is 113 Å². The fourth-order valence-electron chi connectivity index (χ4n) is 6.36. The van der Waals surface area contributed by atoms with E-state index in [1.165, 1.54) is 70.4 Å². The van der Waals surface area contributed by atoms with Gasteiger partial charge in [0.15, 0.2) is 0 Å². The van der Waals surface area contributed by atoms with Gasteiger partial charge in [0, 0.05) is 40.5 Å². The second-order valence-electron chi connectivity index (χ2n) is 13.6. The molecule has 0 fully saturated rings. The Hall–Kier alpha value is -3.20. The van der Waals surface area contributed by atoms with Crippen molar-refractivity contribution in [1.82, 2.24) is 9.55 Å². The molecule has 0 N–H and O–H groups in total. The Bertz CT molecular complexity index is 1450. The number of nitrogens with zero attached hydrogens (tertiary/aromatic N) is 3. The van der Waals surface area contributed by atoms with Crippen molar-refractivity contribution in [3.05, 3.63) is 84.7 Å². The van der Waals surface area contributed by atoms with Gasteiger partial charge in [0.1, 0.15) is 0 Å². The van der Waals surface area contributed by atoms with Crippen molar-refractivity contribution >= 4 is 22.3 Å². The summed E-state index contributed by atoms with van der Waals surface area (Å²) in [4.78, 5) is 10.1. The second kappa shape index (κ2) is 16.8. The molecule has 3 aromatic rings. The maximum atomic E-state index is 5.16. The van der Waals surface area contributed by atoms with E-state index in [-0.39, 0.29) is 5.41 Å². The lowest BCUT2D eigenvalue weighted by molar-refractivity contribution is 0.337. The van der Waals surface area contributed by atoms with Crippen molar-refractivity contribution < 1.29 is 0 Å². The monoisotopic (exact) mass is 593 g/mol. The van der Waals surface area contributed by atoms with Gasteiger partial charge < -0.3 is 4.57 Å². The molecule has 0 saturated carbocycles. The molecule has 1 aromatic carbocycles. The molecular formula is C41H59N3. The van der Waals surface area contributed by atoms with Gasteiger partial charge >= 0.3 is 0 Å². The number of hydrogen-bond donors (Lipinski definition) is 0. The molecule has 0 saturated heterocycles. The van der Waals surface area contributed by atoms with Crippen molar-refractivity contribution in [2.75, 3.05) is 0 Å². The Morgan fingerprint density at radius 2 is 1.86 bits per heavy atom. The number of benzene rings is 1. The molecule has 0 aliphatic rings. The Kier molecular flexibility index (Phi) is 13.4. The standard InChI is InChI=1S/C41H59N3/c1-11-16-26-41(9,10)29-36-35-28-33(37(14-4)43-32(8)22-19-17-18-21-30(6)12-2)24-25-38(35)44(15-5)40(36)34-23-20-27-42-39(34)31(7)13-3/h11-12,14,20,23-25,27-28,30-31H,1-2,13,15-19,21-22,26,29H2,3-10H3/b37-14-,43-32?. The summed E-state index contributed by atoms with van der Waals surface area (Å²) in [5, 5.41) is 1.34. The third-order valence-corrected chi connectivity index (χ3v) is 9.32. The number of aromatic nitrogens is 2. The van der Waals surface area contributed by atoms with Crippen LogP contribution in [-0.2, 0) is 13.0 Å². The maximum Gasteiger partial charge on any atom is 0.0658 e. The first-order chi connectivity index (χ1) is 21.1. The van der Waals surface area contributed by atoms with Crippen LogP contribution in [0.1, 0.15) is 129 Å². The number of hydrogen-bond acceptors (Lipinski definition) is 2. The highest BCUT2D eigenvalue weighted by Gasteiger charge is 2.27. The highest BCUT2D eigenvalue weighted by atomic mass is 15.0. The van der Waals surface area contributed by atoms with Crippen LogP contribution in [0.25, 0.3) is 27.9 Å². The topological polar surface area (TPSA) is 30.2 Å². The number of fused-ring (bicyclic) bond motifs is 1. The van der Waals surface area contributed by atoms with Gasteiger partial charge in [-0.2, -0.15) is 0 Å². The van der Waals surface area contributed by atoms with Gasteiger partial charge in [-0.3, -0.25) is 9.98 Å². The first kappa shape index (κ1) is 35.3. The van der Waals surface area contributed by atoms with Gasteiger partial charge in [0.25, 0.3) is 0 Å². The fourth-order valence-corrected chi connectivity index (χ4v) is 6.36. The molecule has 3 nitrogen and oxygen atoms in total. The predicted molar refractivity (Wildman–Crippen MR) is 196 cm³/mol. The summed E-state index contributed by atoms with van der Waals surface area (Å²) in [6.07, 6.45) is 18.4. The van der Waals surface area contributed by atoms with Gasteiger partial charge in [0.05, 0.1) is 17.1 Å². The van der Waals surface area contributed by atoms with Crippen LogP contribution >= 0.6 is 0 Å². The first-order valence-electron chi connectivity index (χ1n) is 17.1. The summed E-state index contributed by atoms with van der Waals surface area (Å²) < 4.78 is 2.53. The third-order valence-electron chi connectivity index (χ3n) is 9.32. The predicted octanol–water partition coefficient (Wildman–Crippen LogP) is 12.4. The minimum atomic E-state index is 0.131. The van der Waals surface area contributed by atoms with E-state index >= 15 is 0 Å². The van der Waals surface area contributed by atoms with E-state index in [9.17, 15) is 0 Å². The second-order valence-corrected chi connectivity index (χ2v) is 13.6. The molecule has 2 unspecified atom stereocenters. The van der Waals surface area contributed by atoms with E-state index in [1.54, 1.807) is 0 Å². The first-order valence-corrected chi connectivity index (χ1v) is 17.1. The zero-order chi connectivity index (χ0) is 32.3. The van der Waals surface area contributed by atoms with Crippen LogP contribution < -0.4 is 0 Å². The molecule has 3 rings (SSSR count). The van der Waals surface area contributed by atoms with E-state index in [1.807, 2.05) is 6.20 Å². The van der Waals surface area contributed by atoms with Crippen LogP contribution in [0.5, 0.6) is 0 Å². The molecule has 3 heteroatoms. The van der Waals surface area contributed by atoms with Gasteiger partial charge in [-0.1, -0.05) is 71.8 Å². The van der Waals surface area contributed by atoms with Crippen molar-refractivity contribution in [2.45, 2.75) is 126 Å². The molecule has 0 spiro atoms. The van der Waals surface area contributed by atoms with Crippen molar-refractivity contribution in [3.63, 3.8) is 0 Å². The Morgan fingerprint density at radius 3 is 2.52 bits per heavy atom. The molecule has 2 heterocycles. The lowest BCUT2D eigenvalue weighted by atomic mass is 9.80. The molecule has 44 heavy (non-hydrogen) atoms. The van der Waals surface area contributed by atoms with Crippen LogP contribution in [-0.4, -0.2) is 15.3 Å². The summed E-state index contributed by atoms with van der Waals surface area (Å²) >= 11 is 0. The highest BCUT2D eigenvalue weighted by Crippen LogP contribution is 2.42. The van der Waals surface area contributed by atoms with Crippen LogP contribution in [0, 0.1) is 11.3 Å². The van der Waals surface area contributed by atoms with Crippen LogP contribution in [0.2, 0.25) is 0 Å². The smallest absolute Gasteiger partial charge is 0.0658 e. The number of unbranched alkanes of at least 4 members (excludes halogenated alkanes) is 2. The Balaban J connectivity index is 2.11. The van der Waals surface area contributed by atoms with Gasteiger partial charge in [-0.15, -0.1) is 13.2 Å². The lowest BCUT2D eigenvalue weighted by Gasteiger charge is -2.25. The number of aryl methyl sites for hydroxylation is 1. The number of rotatable bonds is 18. The van der Waals surface area contributed by atoms with E-state index in [2.05, 4.69) is 122 Å². The summed E-state index contributed by atoms with van der Waals surface area (Å²) in [6.45, 7) is 27.0. The van der Waals surface area contributed by atoms with Crippen molar-refractivity contribution in [2.24, 2.45) is 16.3 Å². The number of aliphatic imine (C=N–C) groups is 1. The molecular weight excluding hydrogens is 534 g/mol. The average molecular weight is 594 g/mol.